The number of nitrogens with two attached hydrogens (primary N) is 1. The molecular formula is C14H25N3S. The van der Waals surface area contributed by atoms with E-state index in [-0.39, 0.29) is 0 Å². The lowest BCUT2D eigenvalue weighted by atomic mass is 9.91. The van der Waals surface area contributed by atoms with Crippen molar-refractivity contribution in [3.8, 4) is 0 Å². The number of aryl methyl sites for hydroxylation is 1. The van der Waals surface area contributed by atoms with E-state index >= 15 is 0 Å². The highest BCUT2D eigenvalue weighted by molar-refractivity contribution is 7.09. The smallest absolute Gasteiger partial charge is 0.0897 e. The molecule has 0 bridgehead atoms. The summed E-state index contributed by atoms with van der Waals surface area (Å²) < 4.78 is 0. The molecule has 2 rings (SSSR count). The van der Waals surface area contributed by atoms with Crippen molar-refractivity contribution in [3.63, 3.8) is 0 Å². The summed E-state index contributed by atoms with van der Waals surface area (Å²) >= 11 is 1.73. The minimum absolute atomic E-state index is 0.384. The monoisotopic (exact) mass is 267 g/mol. The Bertz CT molecular complexity index is 343. The van der Waals surface area contributed by atoms with E-state index in [0.717, 1.165) is 17.3 Å². The van der Waals surface area contributed by atoms with Gasteiger partial charge in [0.15, 0.2) is 0 Å². The number of nitrogens with zero attached hydrogens (tertiary/aromatic N) is 1. The van der Waals surface area contributed by atoms with E-state index in [1.165, 1.54) is 50.6 Å². The average molecular weight is 267 g/mol. The molecule has 1 unspecified atom stereocenters. The maximum atomic E-state index is 5.71. The van der Waals surface area contributed by atoms with Crippen LogP contribution in [0.1, 0.15) is 55.6 Å². The van der Waals surface area contributed by atoms with Crippen LogP contribution in [0.15, 0.2) is 5.38 Å². The first-order chi connectivity index (χ1) is 8.78. The predicted molar refractivity (Wildman–Crippen MR) is 77.5 cm³/mol. The Morgan fingerprint density at radius 1 is 1.39 bits per heavy atom. The van der Waals surface area contributed by atoms with E-state index in [0.29, 0.717) is 6.04 Å². The van der Waals surface area contributed by atoms with Crippen molar-refractivity contribution in [2.24, 2.45) is 11.8 Å². The van der Waals surface area contributed by atoms with Gasteiger partial charge in [0.1, 0.15) is 0 Å². The molecule has 0 aromatic carbocycles. The predicted octanol–water partition coefficient (Wildman–Crippen LogP) is 3.19. The van der Waals surface area contributed by atoms with Gasteiger partial charge in [0.25, 0.3) is 0 Å². The minimum Gasteiger partial charge on any atom is -0.271 e. The van der Waals surface area contributed by atoms with E-state index in [9.17, 15) is 0 Å². The van der Waals surface area contributed by atoms with Crippen LogP contribution in [0.2, 0.25) is 0 Å². The molecular weight excluding hydrogens is 242 g/mol. The number of hydrogen-bond donors (Lipinski definition) is 2. The highest BCUT2D eigenvalue weighted by Gasteiger charge is 2.18. The van der Waals surface area contributed by atoms with Crippen molar-refractivity contribution in [2.45, 2.75) is 64.3 Å². The summed E-state index contributed by atoms with van der Waals surface area (Å²) in [7, 11) is 0. The van der Waals surface area contributed by atoms with Crippen molar-refractivity contribution in [2.75, 3.05) is 0 Å². The fraction of sp³-hybridized carbons (Fsp3) is 0.786. The van der Waals surface area contributed by atoms with Gasteiger partial charge in [-0.25, -0.2) is 4.98 Å². The highest BCUT2D eigenvalue weighted by Crippen LogP contribution is 2.27. The van der Waals surface area contributed by atoms with Gasteiger partial charge in [0, 0.05) is 17.8 Å². The van der Waals surface area contributed by atoms with E-state index in [2.05, 4.69) is 22.7 Å². The van der Waals surface area contributed by atoms with Gasteiger partial charge in [-0.05, 0) is 19.3 Å². The summed E-state index contributed by atoms with van der Waals surface area (Å²) in [6, 6.07) is 0.384. The lowest BCUT2D eigenvalue weighted by Crippen LogP contribution is -2.38. The van der Waals surface area contributed by atoms with E-state index in [4.69, 9.17) is 5.84 Å². The third kappa shape index (κ3) is 4.34. The molecule has 1 aromatic heterocycles. The second-order valence-corrected chi connectivity index (χ2v) is 6.58. The number of nitrogens with one attached hydrogen (secondary N) is 1. The molecule has 1 aromatic rings. The van der Waals surface area contributed by atoms with Crippen LogP contribution >= 0.6 is 11.3 Å². The maximum absolute atomic E-state index is 5.71. The maximum Gasteiger partial charge on any atom is 0.0897 e. The molecule has 3 nitrogen and oxygen atoms in total. The van der Waals surface area contributed by atoms with E-state index < -0.39 is 0 Å². The van der Waals surface area contributed by atoms with E-state index in [1.54, 1.807) is 11.3 Å². The molecule has 1 aliphatic carbocycles. The third-order valence-corrected chi connectivity index (χ3v) is 4.77. The van der Waals surface area contributed by atoms with Crippen LogP contribution in [0.25, 0.3) is 0 Å². The van der Waals surface area contributed by atoms with Gasteiger partial charge in [-0.3, -0.25) is 11.3 Å². The Morgan fingerprint density at radius 3 is 2.67 bits per heavy atom. The summed E-state index contributed by atoms with van der Waals surface area (Å²) in [5.74, 6) is 6.56. The van der Waals surface area contributed by atoms with Gasteiger partial charge in [0.05, 0.1) is 10.7 Å². The number of thiazole rings is 1. The Morgan fingerprint density at radius 2 is 2.11 bits per heavy atom. The number of rotatable bonds is 5. The van der Waals surface area contributed by atoms with Crippen LogP contribution in [0.3, 0.4) is 0 Å². The molecule has 1 fully saturated rings. The lowest BCUT2D eigenvalue weighted by molar-refractivity contribution is 0.351. The highest BCUT2D eigenvalue weighted by atomic mass is 32.1. The second-order valence-electron chi connectivity index (χ2n) is 5.52. The van der Waals surface area contributed by atoms with Crippen LogP contribution < -0.4 is 11.3 Å². The van der Waals surface area contributed by atoms with Gasteiger partial charge in [-0.1, -0.05) is 38.5 Å². The molecule has 3 N–H and O–H groups in total. The fourth-order valence-electron chi connectivity index (χ4n) is 2.97. The molecule has 0 radical (unpaired) electrons. The molecule has 0 spiro atoms. The van der Waals surface area contributed by atoms with Crippen molar-refractivity contribution in [1.29, 1.82) is 0 Å². The van der Waals surface area contributed by atoms with Gasteiger partial charge >= 0.3 is 0 Å². The zero-order valence-corrected chi connectivity index (χ0v) is 12.1. The summed E-state index contributed by atoms with van der Waals surface area (Å²) in [5.41, 5.74) is 4.18. The molecule has 18 heavy (non-hydrogen) atoms. The quantitative estimate of drug-likeness (QED) is 0.489. The standard InChI is InChI=1S/C14H25N3S/c1-11-16-14(10-18-11)9-13(17-15)8-12-6-4-2-3-5-7-12/h10,12-13,17H,2-9,15H2,1H3. The van der Waals surface area contributed by atoms with Crippen molar-refractivity contribution in [1.82, 2.24) is 10.4 Å². The van der Waals surface area contributed by atoms with Crippen LogP contribution in [0.5, 0.6) is 0 Å². The molecule has 0 saturated heterocycles. The number of aromatic nitrogens is 1. The summed E-state index contributed by atoms with van der Waals surface area (Å²) in [6.07, 6.45) is 10.6. The molecule has 1 saturated carbocycles. The third-order valence-electron chi connectivity index (χ3n) is 3.95. The van der Waals surface area contributed by atoms with Gasteiger partial charge in [-0.2, -0.15) is 0 Å². The van der Waals surface area contributed by atoms with Crippen LogP contribution in [0, 0.1) is 12.8 Å². The topological polar surface area (TPSA) is 50.9 Å². The Labute approximate surface area is 114 Å². The minimum atomic E-state index is 0.384. The molecule has 1 heterocycles. The fourth-order valence-corrected chi connectivity index (χ4v) is 3.59. The van der Waals surface area contributed by atoms with Crippen LogP contribution in [-0.4, -0.2) is 11.0 Å². The SMILES string of the molecule is Cc1nc(CC(CC2CCCCCC2)NN)cs1. The summed E-state index contributed by atoms with van der Waals surface area (Å²) in [6.45, 7) is 2.06. The molecule has 102 valence electrons. The van der Waals surface area contributed by atoms with Gasteiger partial charge in [-0.15, -0.1) is 11.3 Å². The van der Waals surface area contributed by atoms with Crippen molar-refractivity contribution in [3.05, 3.63) is 16.1 Å². The van der Waals surface area contributed by atoms with Crippen molar-refractivity contribution < 1.29 is 0 Å². The Balaban J connectivity index is 1.84. The van der Waals surface area contributed by atoms with Crippen LogP contribution in [0.4, 0.5) is 0 Å². The van der Waals surface area contributed by atoms with Gasteiger partial charge in [0.2, 0.25) is 0 Å². The summed E-state index contributed by atoms with van der Waals surface area (Å²) in [5, 5.41) is 3.31. The number of hydrazine groups is 1. The molecule has 1 aliphatic rings. The second kappa shape index (κ2) is 7.22. The lowest BCUT2D eigenvalue weighted by Gasteiger charge is -2.21. The first kappa shape index (κ1) is 14.0. The molecule has 4 heteroatoms. The zero-order chi connectivity index (χ0) is 12.8. The molecule has 0 aliphatic heterocycles. The molecule has 1 atom stereocenters. The van der Waals surface area contributed by atoms with Gasteiger partial charge < -0.3 is 0 Å². The Hall–Kier alpha value is -0.450. The normalized spacial score (nSPS) is 19.7. The van der Waals surface area contributed by atoms with E-state index in [1.807, 2.05) is 0 Å². The Kier molecular flexibility index (Phi) is 5.60. The van der Waals surface area contributed by atoms with Crippen LogP contribution in [-0.2, 0) is 6.42 Å². The average Bonchev–Trinajstić information content (AvgIpc) is 2.63. The summed E-state index contributed by atoms with van der Waals surface area (Å²) in [4.78, 5) is 4.53. The largest absolute Gasteiger partial charge is 0.271 e. The zero-order valence-electron chi connectivity index (χ0n) is 11.3. The first-order valence-corrected chi connectivity index (χ1v) is 8.03. The number of hydrogen-bond acceptors (Lipinski definition) is 4. The first-order valence-electron chi connectivity index (χ1n) is 7.15. The molecule has 0 amide bonds. The van der Waals surface area contributed by atoms with Crippen molar-refractivity contribution >= 4 is 11.3 Å².